The number of aromatic nitrogens is 2. The normalized spacial score (nSPS) is 12.4. The van der Waals surface area contributed by atoms with Crippen LogP contribution in [0.4, 0.5) is 0 Å². The van der Waals surface area contributed by atoms with Gasteiger partial charge in [0.05, 0.1) is 16.9 Å². The minimum atomic E-state index is 0.240. The zero-order chi connectivity index (χ0) is 12.3. The first-order chi connectivity index (χ1) is 8.16. The molecular weight excluding hydrogens is 255 g/mol. The molecule has 2 rings (SSSR count). The van der Waals surface area contributed by atoms with E-state index in [2.05, 4.69) is 29.0 Å². The van der Waals surface area contributed by atoms with Gasteiger partial charge in [0.2, 0.25) is 5.28 Å². The van der Waals surface area contributed by atoms with Crippen molar-refractivity contribution in [2.75, 3.05) is 0 Å². The van der Waals surface area contributed by atoms with Crippen LogP contribution < -0.4 is 0 Å². The van der Waals surface area contributed by atoms with E-state index in [1.165, 1.54) is 5.56 Å². The maximum Gasteiger partial charge on any atom is 0.222 e. The molecule has 2 aromatic rings. The zero-order valence-corrected chi connectivity index (χ0v) is 10.9. The number of nitrogens with zero attached hydrogens (tertiary/aromatic N) is 2. The van der Waals surface area contributed by atoms with Gasteiger partial charge < -0.3 is 0 Å². The van der Waals surface area contributed by atoms with Crippen molar-refractivity contribution >= 4 is 23.2 Å². The summed E-state index contributed by atoms with van der Waals surface area (Å²) in [4.78, 5) is 8.00. The summed E-state index contributed by atoms with van der Waals surface area (Å²) in [6.45, 7) is 2.14. The minimum absolute atomic E-state index is 0.240. The first-order valence-corrected chi connectivity index (χ1v) is 6.14. The molecule has 17 heavy (non-hydrogen) atoms. The van der Waals surface area contributed by atoms with Gasteiger partial charge in [-0.25, -0.2) is 9.97 Å². The van der Waals surface area contributed by atoms with E-state index in [1.54, 1.807) is 6.20 Å². The van der Waals surface area contributed by atoms with Crippen molar-refractivity contribution in [1.82, 2.24) is 9.97 Å². The molecule has 0 amide bonds. The van der Waals surface area contributed by atoms with Crippen molar-refractivity contribution < 1.29 is 0 Å². The average Bonchev–Trinajstić information content (AvgIpc) is 2.35. The van der Waals surface area contributed by atoms with E-state index >= 15 is 0 Å². The largest absolute Gasteiger partial charge is 0.225 e. The fourth-order valence-corrected chi connectivity index (χ4v) is 2.03. The molecule has 0 aliphatic heterocycles. The van der Waals surface area contributed by atoms with Gasteiger partial charge in [-0.3, -0.25) is 0 Å². The van der Waals surface area contributed by atoms with Crippen molar-refractivity contribution in [2.24, 2.45) is 0 Å². The van der Waals surface area contributed by atoms with E-state index in [0.717, 1.165) is 12.1 Å². The van der Waals surface area contributed by atoms with Gasteiger partial charge in [-0.2, -0.15) is 0 Å². The fraction of sp³-hybridized carbons (Fsp3) is 0.231. The maximum absolute atomic E-state index is 6.04. The zero-order valence-electron chi connectivity index (χ0n) is 9.40. The second-order valence-corrected chi connectivity index (χ2v) is 4.69. The molecular formula is C13H12Cl2N2. The van der Waals surface area contributed by atoms with Gasteiger partial charge in [-0.15, -0.1) is 0 Å². The molecule has 0 spiro atoms. The monoisotopic (exact) mass is 266 g/mol. The molecule has 0 bridgehead atoms. The highest BCUT2D eigenvalue weighted by atomic mass is 35.5. The Hall–Kier alpha value is -1.12. The number of rotatable bonds is 3. The lowest BCUT2D eigenvalue weighted by Gasteiger charge is -2.12. The maximum atomic E-state index is 6.04. The molecule has 1 atom stereocenters. The van der Waals surface area contributed by atoms with Crippen LogP contribution in [0.25, 0.3) is 0 Å². The van der Waals surface area contributed by atoms with E-state index in [-0.39, 0.29) is 5.28 Å². The molecule has 0 unspecified atom stereocenters. The second kappa shape index (κ2) is 5.48. The Labute approximate surface area is 111 Å². The predicted molar refractivity (Wildman–Crippen MR) is 70.6 cm³/mol. The van der Waals surface area contributed by atoms with Crippen molar-refractivity contribution in [1.29, 1.82) is 0 Å². The van der Waals surface area contributed by atoms with Crippen molar-refractivity contribution in [3.05, 3.63) is 58.1 Å². The number of benzene rings is 1. The Bertz CT molecular complexity index is 500. The van der Waals surface area contributed by atoms with Crippen LogP contribution in [0, 0.1) is 0 Å². The second-order valence-electron chi connectivity index (χ2n) is 3.95. The highest BCUT2D eigenvalue weighted by molar-refractivity contribution is 6.31. The molecule has 1 aromatic carbocycles. The lowest BCUT2D eigenvalue weighted by Crippen LogP contribution is -2.02. The number of halogens is 2. The number of hydrogen-bond acceptors (Lipinski definition) is 2. The SMILES string of the molecule is C[C@@H](Cc1nc(Cl)ncc1Cl)c1ccccc1. The molecule has 0 aliphatic rings. The fourth-order valence-electron chi connectivity index (χ4n) is 1.71. The molecule has 88 valence electrons. The van der Waals surface area contributed by atoms with Crippen LogP contribution in [-0.2, 0) is 6.42 Å². The van der Waals surface area contributed by atoms with Gasteiger partial charge >= 0.3 is 0 Å². The average molecular weight is 267 g/mol. The third kappa shape index (κ3) is 3.18. The lowest BCUT2D eigenvalue weighted by atomic mass is 9.96. The van der Waals surface area contributed by atoms with Crippen LogP contribution in [0.3, 0.4) is 0 Å². The molecule has 1 heterocycles. The molecule has 1 aromatic heterocycles. The van der Waals surface area contributed by atoms with Gasteiger partial charge in [0.25, 0.3) is 0 Å². The first kappa shape index (κ1) is 12.3. The quantitative estimate of drug-likeness (QED) is 0.781. The topological polar surface area (TPSA) is 25.8 Å². The highest BCUT2D eigenvalue weighted by Gasteiger charge is 2.11. The van der Waals surface area contributed by atoms with Gasteiger partial charge in [-0.1, -0.05) is 48.9 Å². The molecule has 0 N–H and O–H groups in total. The highest BCUT2D eigenvalue weighted by Crippen LogP contribution is 2.23. The lowest BCUT2D eigenvalue weighted by molar-refractivity contribution is 0.738. The van der Waals surface area contributed by atoms with E-state index in [0.29, 0.717) is 10.9 Å². The van der Waals surface area contributed by atoms with E-state index in [9.17, 15) is 0 Å². The van der Waals surface area contributed by atoms with Gasteiger partial charge in [0, 0.05) is 0 Å². The van der Waals surface area contributed by atoms with Crippen LogP contribution >= 0.6 is 23.2 Å². The molecule has 0 radical (unpaired) electrons. The molecule has 0 aliphatic carbocycles. The summed E-state index contributed by atoms with van der Waals surface area (Å²) < 4.78 is 0. The minimum Gasteiger partial charge on any atom is -0.225 e. The first-order valence-electron chi connectivity index (χ1n) is 5.38. The molecule has 2 nitrogen and oxygen atoms in total. The van der Waals surface area contributed by atoms with Gasteiger partial charge in [0.15, 0.2) is 0 Å². The number of hydrogen-bond donors (Lipinski definition) is 0. The molecule has 0 saturated heterocycles. The van der Waals surface area contributed by atoms with Crippen molar-refractivity contribution in [2.45, 2.75) is 19.3 Å². The van der Waals surface area contributed by atoms with Crippen LogP contribution in [0.2, 0.25) is 10.3 Å². The third-order valence-electron chi connectivity index (χ3n) is 2.66. The van der Waals surface area contributed by atoms with Crippen molar-refractivity contribution in [3.8, 4) is 0 Å². The molecule has 0 fully saturated rings. The van der Waals surface area contributed by atoms with E-state index < -0.39 is 0 Å². The molecule has 0 saturated carbocycles. The van der Waals surface area contributed by atoms with E-state index in [1.807, 2.05) is 18.2 Å². The summed E-state index contributed by atoms with van der Waals surface area (Å²) in [7, 11) is 0. The Morgan fingerprint density at radius 3 is 2.59 bits per heavy atom. The summed E-state index contributed by atoms with van der Waals surface area (Å²) in [5, 5.41) is 0.807. The van der Waals surface area contributed by atoms with Crippen molar-refractivity contribution in [3.63, 3.8) is 0 Å². The Kier molecular flexibility index (Phi) is 3.97. The smallest absolute Gasteiger partial charge is 0.222 e. The summed E-state index contributed by atoms with van der Waals surface area (Å²) in [5.74, 6) is 0.347. The van der Waals surface area contributed by atoms with E-state index in [4.69, 9.17) is 23.2 Å². The summed E-state index contributed by atoms with van der Waals surface area (Å²) >= 11 is 11.8. The standard InChI is InChI=1S/C13H12Cl2N2/c1-9(10-5-3-2-4-6-10)7-12-11(14)8-16-13(15)17-12/h2-6,8-9H,7H2,1H3/t9-/m0/s1. The van der Waals surface area contributed by atoms with Crippen LogP contribution in [-0.4, -0.2) is 9.97 Å². The van der Waals surface area contributed by atoms with Gasteiger partial charge in [-0.05, 0) is 29.5 Å². The van der Waals surface area contributed by atoms with Crippen LogP contribution in [0.15, 0.2) is 36.5 Å². The molecule has 4 heteroatoms. The Morgan fingerprint density at radius 2 is 1.88 bits per heavy atom. The predicted octanol–water partition coefficient (Wildman–Crippen LogP) is 4.13. The van der Waals surface area contributed by atoms with Gasteiger partial charge in [0.1, 0.15) is 0 Å². The Balaban J connectivity index is 2.18. The third-order valence-corrected chi connectivity index (χ3v) is 3.15. The summed E-state index contributed by atoms with van der Waals surface area (Å²) in [6.07, 6.45) is 2.30. The summed E-state index contributed by atoms with van der Waals surface area (Å²) in [5.41, 5.74) is 2.06. The Morgan fingerprint density at radius 1 is 1.18 bits per heavy atom. The van der Waals surface area contributed by atoms with Crippen LogP contribution in [0.1, 0.15) is 24.1 Å². The summed E-state index contributed by atoms with van der Waals surface area (Å²) in [6, 6.07) is 10.3. The van der Waals surface area contributed by atoms with Crippen LogP contribution in [0.5, 0.6) is 0 Å².